The van der Waals surface area contributed by atoms with Gasteiger partial charge in [-0.1, -0.05) is 0 Å². The van der Waals surface area contributed by atoms with Gasteiger partial charge in [0.2, 0.25) is 0 Å². The second-order valence-corrected chi connectivity index (χ2v) is 2.41. The second kappa shape index (κ2) is 4.30. The Bertz CT molecular complexity index is 297. The standard InChI is InChI=1S/C8H9N3O2/c1-2-11(10-13)8-5-3-7(9-12)4-6-8/h3-6H,2H2,1H3. The van der Waals surface area contributed by atoms with E-state index in [4.69, 9.17) is 0 Å². The van der Waals surface area contributed by atoms with Crippen molar-refractivity contribution >= 4 is 11.4 Å². The van der Waals surface area contributed by atoms with Gasteiger partial charge >= 0.3 is 0 Å². The maximum absolute atomic E-state index is 10.3. The molecule has 0 unspecified atom stereocenters. The molecule has 0 atom stereocenters. The van der Waals surface area contributed by atoms with Gasteiger partial charge in [0.1, 0.15) is 5.69 Å². The van der Waals surface area contributed by atoms with Crippen molar-refractivity contribution < 1.29 is 0 Å². The Hall–Kier alpha value is -1.78. The first-order valence-electron chi connectivity index (χ1n) is 3.86. The van der Waals surface area contributed by atoms with Gasteiger partial charge in [0, 0.05) is 6.54 Å². The summed E-state index contributed by atoms with van der Waals surface area (Å²) >= 11 is 0. The van der Waals surface area contributed by atoms with Crippen LogP contribution in [0.2, 0.25) is 0 Å². The van der Waals surface area contributed by atoms with Crippen molar-refractivity contribution in [3.63, 3.8) is 0 Å². The molecule has 0 aliphatic heterocycles. The van der Waals surface area contributed by atoms with E-state index in [9.17, 15) is 9.81 Å². The van der Waals surface area contributed by atoms with Crippen molar-refractivity contribution in [3.05, 3.63) is 34.1 Å². The van der Waals surface area contributed by atoms with Crippen LogP contribution in [0.4, 0.5) is 11.4 Å². The van der Waals surface area contributed by atoms with Gasteiger partial charge in [-0.25, -0.2) is 5.01 Å². The monoisotopic (exact) mass is 179 g/mol. The van der Waals surface area contributed by atoms with Crippen LogP contribution in [0.1, 0.15) is 6.92 Å². The molecular formula is C8H9N3O2. The Kier molecular flexibility index (Phi) is 3.08. The maximum atomic E-state index is 10.3. The van der Waals surface area contributed by atoms with Crippen LogP contribution in [0.15, 0.2) is 34.7 Å². The van der Waals surface area contributed by atoms with Gasteiger partial charge in [0.25, 0.3) is 0 Å². The molecule has 0 spiro atoms. The molecular weight excluding hydrogens is 170 g/mol. The van der Waals surface area contributed by atoms with Crippen molar-refractivity contribution in [2.24, 2.45) is 10.5 Å². The van der Waals surface area contributed by atoms with Crippen molar-refractivity contribution in [1.29, 1.82) is 0 Å². The van der Waals surface area contributed by atoms with Crippen LogP contribution < -0.4 is 5.01 Å². The molecule has 1 rings (SSSR count). The summed E-state index contributed by atoms with van der Waals surface area (Å²) in [6.07, 6.45) is 0. The summed E-state index contributed by atoms with van der Waals surface area (Å²) in [5.74, 6) is 0. The van der Waals surface area contributed by atoms with E-state index in [2.05, 4.69) is 10.5 Å². The minimum Gasteiger partial charge on any atom is -0.230 e. The molecule has 0 amide bonds. The zero-order chi connectivity index (χ0) is 9.68. The summed E-state index contributed by atoms with van der Waals surface area (Å²) in [6.45, 7) is 2.31. The van der Waals surface area contributed by atoms with Crippen molar-refractivity contribution in [2.45, 2.75) is 6.92 Å². The number of nitrogens with zero attached hydrogens (tertiary/aromatic N) is 3. The molecule has 0 aliphatic carbocycles. The van der Waals surface area contributed by atoms with Crippen LogP contribution in [0.3, 0.4) is 0 Å². The fourth-order valence-corrected chi connectivity index (χ4v) is 0.973. The van der Waals surface area contributed by atoms with Gasteiger partial charge in [-0.3, -0.25) is 0 Å². The fourth-order valence-electron chi connectivity index (χ4n) is 0.973. The Morgan fingerprint density at radius 1 is 1.23 bits per heavy atom. The van der Waals surface area contributed by atoms with Gasteiger partial charge in [-0.15, -0.1) is 9.81 Å². The fraction of sp³-hybridized carbons (Fsp3) is 0.250. The number of hydrogen-bond donors (Lipinski definition) is 0. The minimum atomic E-state index is 0.339. The molecule has 13 heavy (non-hydrogen) atoms. The molecule has 0 fully saturated rings. The molecule has 0 bridgehead atoms. The predicted octanol–water partition coefficient (Wildman–Crippen LogP) is 2.59. The van der Waals surface area contributed by atoms with Crippen LogP contribution in [0, 0.1) is 9.81 Å². The highest BCUT2D eigenvalue weighted by Crippen LogP contribution is 2.19. The molecule has 0 heterocycles. The summed E-state index contributed by atoms with van der Waals surface area (Å²) in [7, 11) is 0. The highest BCUT2D eigenvalue weighted by Gasteiger charge is 2.02. The van der Waals surface area contributed by atoms with Gasteiger partial charge < -0.3 is 0 Å². The Balaban J connectivity index is 2.89. The summed E-state index contributed by atoms with van der Waals surface area (Å²) in [5, 5.41) is 6.84. The molecule has 1 aromatic rings. The zero-order valence-corrected chi connectivity index (χ0v) is 7.17. The zero-order valence-electron chi connectivity index (χ0n) is 7.17. The SMILES string of the molecule is CCN(N=O)c1ccc(N=O)cc1. The summed E-state index contributed by atoms with van der Waals surface area (Å²) < 4.78 is 0. The normalized spacial score (nSPS) is 9.31. The molecule has 68 valence electrons. The lowest BCUT2D eigenvalue weighted by atomic mass is 10.3. The van der Waals surface area contributed by atoms with Gasteiger partial charge in [-0.05, 0) is 36.4 Å². The van der Waals surface area contributed by atoms with E-state index in [-0.39, 0.29) is 0 Å². The van der Waals surface area contributed by atoms with E-state index < -0.39 is 0 Å². The van der Waals surface area contributed by atoms with Crippen LogP contribution >= 0.6 is 0 Å². The molecule has 0 saturated heterocycles. The molecule has 0 radical (unpaired) electrons. The number of anilines is 1. The molecule has 0 aliphatic rings. The lowest BCUT2D eigenvalue weighted by Crippen LogP contribution is -2.13. The summed E-state index contributed by atoms with van der Waals surface area (Å²) in [5.41, 5.74) is 0.996. The van der Waals surface area contributed by atoms with Crippen molar-refractivity contribution in [2.75, 3.05) is 11.6 Å². The Labute approximate surface area is 75.3 Å². The Morgan fingerprint density at radius 3 is 2.23 bits per heavy atom. The largest absolute Gasteiger partial charge is 0.230 e. The molecule has 0 aromatic heterocycles. The van der Waals surface area contributed by atoms with Crippen molar-refractivity contribution in [3.8, 4) is 0 Å². The highest BCUT2D eigenvalue weighted by atomic mass is 16.3. The quantitative estimate of drug-likeness (QED) is 0.527. The van der Waals surface area contributed by atoms with Crippen LogP contribution in [-0.2, 0) is 0 Å². The smallest absolute Gasteiger partial charge is 0.108 e. The van der Waals surface area contributed by atoms with E-state index in [0.29, 0.717) is 17.9 Å². The second-order valence-electron chi connectivity index (χ2n) is 2.41. The lowest BCUT2D eigenvalue weighted by molar-refractivity contribution is 0.885. The molecule has 5 heteroatoms. The molecule has 1 aromatic carbocycles. The van der Waals surface area contributed by atoms with E-state index in [1.807, 2.05) is 6.92 Å². The first-order chi connectivity index (χ1) is 6.31. The average molecular weight is 179 g/mol. The van der Waals surface area contributed by atoms with E-state index in [1.54, 1.807) is 12.1 Å². The number of hydrogen-bond acceptors (Lipinski definition) is 4. The third kappa shape index (κ3) is 2.08. The van der Waals surface area contributed by atoms with Gasteiger partial charge in [0.05, 0.1) is 11.0 Å². The maximum Gasteiger partial charge on any atom is 0.108 e. The number of rotatable bonds is 4. The highest BCUT2D eigenvalue weighted by molar-refractivity contribution is 5.51. The average Bonchev–Trinajstić information content (AvgIpc) is 2.21. The van der Waals surface area contributed by atoms with E-state index in [1.165, 1.54) is 17.1 Å². The van der Waals surface area contributed by atoms with E-state index in [0.717, 1.165) is 0 Å². The Morgan fingerprint density at radius 2 is 1.85 bits per heavy atom. The van der Waals surface area contributed by atoms with Crippen LogP contribution in [0.25, 0.3) is 0 Å². The number of nitroso groups, excluding NO2 is 2. The molecule has 0 saturated carbocycles. The van der Waals surface area contributed by atoms with Gasteiger partial charge in [0.15, 0.2) is 0 Å². The first kappa shape index (κ1) is 9.31. The van der Waals surface area contributed by atoms with Crippen LogP contribution in [0.5, 0.6) is 0 Å². The van der Waals surface area contributed by atoms with Gasteiger partial charge in [-0.2, -0.15) is 0 Å². The van der Waals surface area contributed by atoms with Crippen molar-refractivity contribution in [1.82, 2.24) is 0 Å². The minimum absolute atomic E-state index is 0.339. The summed E-state index contributed by atoms with van der Waals surface area (Å²) in [6, 6.07) is 6.33. The third-order valence-electron chi connectivity index (χ3n) is 1.65. The number of benzene rings is 1. The molecule has 5 nitrogen and oxygen atoms in total. The lowest BCUT2D eigenvalue weighted by Gasteiger charge is -2.11. The topological polar surface area (TPSA) is 62.1 Å². The first-order valence-corrected chi connectivity index (χ1v) is 3.86. The van der Waals surface area contributed by atoms with E-state index >= 15 is 0 Å². The molecule has 0 N–H and O–H groups in total. The van der Waals surface area contributed by atoms with Crippen LogP contribution in [-0.4, -0.2) is 6.54 Å². The third-order valence-corrected chi connectivity index (χ3v) is 1.65. The predicted molar refractivity (Wildman–Crippen MR) is 50.7 cm³/mol. The summed E-state index contributed by atoms with van der Waals surface area (Å²) in [4.78, 5) is 20.4.